The fraction of sp³-hybridized carbons (Fsp3) is 0.318. The number of likely N-dealkylation sites (N-methyl/N-ethyl adjacent to an activating group) is 1. The number of aliphatic hydroxyl groups is 1. The van der Waals surface area contributed by atoms with Crippen LogP contribution in [0, 0.1) is 5.82 Å². The number of hydrogen-bond donors (Lipinski definition) is 1. The molecule has 1 fully saturated rings. The molecule has 3 rings (SSSR count). The predicted octanol–water partition coefficient (Wildman–Crippen LogP) is 2.98. The van der Waals surface area contributed by atoms with E-state index < -0.39 is 23.5 Å². The number of aromatic nitrogens is 1. The highest BCUT2D eigenvalue weighted by atomic mass is 19.1. The summed E-state index contributed by atoms with van der Waals surface area (Å²) in [6, 6.07) is 8.00. The summed E-state index contributed by atoms with van der Waals surface area (Å²) in [5.41, 5.74) is 0.974. The minimum atomic E-state index is -0.778. The summed E-state index contributed by atoms with van der Waals surface area (Å²) in [7, 11) is 0. The molecule has 0 aliphatic carbocycles. The highest BCUT2D eigenvalue weighted by molar-refractivity contribution is 6.46. The minimum absolute atomic E-state index is 0.00681. The molecule has 1 aromatic heterocycles. The lowest BCUT2D eigenvalue weighted by Gasteiger charge is -2.28. The second-order valence-corrected chi connectivity index (χ2v) is 6.81. The number of carbonyl (C=O) groups is 2. The Kier molecular flexibility index (Phi) is 6.39. The Bertz CT molecular complexity index is 909. The van der Waals surface area contributed by atoms with Crippen LogP contribution in [0.2, 0.25) is 0 Å². The molecular formula is C22H24FN3O3. The molecule has 29 heavy (non-hydrogen) atoms. The van der Waals surface area contributed by atoms with Gasteiger partial charge in [-0.2, -0.15) is 0 Å². The number of carbonyl (C=O) groups excluding carboxylic acids is 2. The summed E-state index contributed by atoms with van der Waals surface area (Å²) >= 11 is 0. The molecule has 0 bridgehead atoms. The van der Waals surface area contributed by atoms with Gasteiger partial charge in [0.15, 0.2) is 0 Å². The molecule has 1 aliphatic rings. The monoisotopic (exact) mass is 397 g/mol. The van der Waals surface area contributed by atoms with Gasteiger partial charge in [0.25, 0.3) is 11.7 Å². The van der Waals surface area contributed by atoms with Gasteiger partial charge in [0.2, 0.25) is 0 Å². The van der Waals surface area contributed by atoms with E-state index in [-0.39, 0.29) is 11.3 Å². The second-order valence-electron chi connectivity index (χ2n) is 6.81. The van der Waals surface area contributed by atoms with Crippen molar-refractivity contribution >= 4 is 17.4 Å². The first-order valence-electron chi connectivity index (χ1n) is 9.64. The van der Waals surface area contributed by atoms with Crippen LogP contribution in [0.25, 0.3) is 5.76 Å². The van der Waals surface area contributed by atoms with Crippen molar-refractivity contribution in [1.82, 2.24) is 14.8 Å². The second kappa shape index (κ2) is 8.96. The zero-order valence-electron chi connectivity index (χ0n) is 16.5. The number of Topliss-reactive ketones (excluding diaryl/α,β-unsaturated/α-hetero) is 1. The molecule has 1 aliphatic heterocycles. The Morgan fingerprint density at radius 1 is 1.10 bits per heavy atom. The first kappa shape index (κ1) is 20.7. The molecule has 1 N–H and O–H groups in total. The maximum atomic E-state index is 13.5. The quantitative estimate of drug-likeness (QED) is 0.442. The Morgan fingerprint density at radius 2 is 1.72 bits per heavy atom. The van der Waals surface area contributed by atoms with Crippen LogP contribution in [0.3, 0.4) is 0 Å². The van der Waals surface area contributed by atoms with E-state index in [1.165, 1.54) is 41.6 Å². The molecule has 2 aromatic rings. The molecular weight excluding hydrogens is 373 g/mol. The van der Waals surface area contributed by atoms with Crippen LogP contribution >= 0.6 is 0 Å². The van der Waals surface area contributed by atoms with Gasteiger partial charge in [-0.15, -0.1) is 0 Å². The fourth-order valence-corrected chi connectivity index (χ4v) is 3.56. The number of amides is 1. The number of nitrogens with zero attached hydrogens (tertiary/aromatic N) is 3. The fourth-order valence-electron chi connectivity index (χ4n) is 3.56. The van der Waals surface area contributed by atoms with Crippen molar-refractivity contribution in [3.8, 4) is 0 Å². The van der Waals surface area contributed by atoms with E-state index in [9.17, 15) is 19.1 Å². The zero-order valence-corrected chi connectivity index (χ0v) is 16.5. The Hall–Kier alpha value is -3.06. The number of rotatable bonds is 7. The van der Waals surface area contributed by atoms with Gasteiger partial charge in [-0.25, -0.2) is 4.39 Å². The van der Waals surface area contributed by atoms with Gasteiger partial charge in [-0.3, -0.25) is 14.6 Å². The molecule has 1 aromatic carbocycles. The molecule has 1 saturated heterocycles. The Balaban J connectivity index is 2.07. The van der Waals surface area contributed by atoms with Gasteiger partial charge in [-0.05, 0) is 42.9 Å². The van der Waals surface area contributed by atoms with Crippen molar-refractivity contribution in [1.29, 1.82) is 0 Å². The molecule has 7 heteroatoms. The van der Waals surface area contributed by atoms with Crippen LogP contribution in [0.5, 0.6) is 0 Å². The lowest BCUT2D eigenvalue weighted by molar-refractivity contribution is -0.140. The van der Waals surface area contributed by atoms with Gasteiger partial charge in [-0.1, -0.05) is 26.0 Å². The lowest BCUT2D eigenvalue weighted by atomic mass is 9.95. The number of halogens is 1. The van der Waals surface area contributed by atoms with Crippen LogP contribution < -0.4 is 0 Å². The normalized spacial score (nSPS) is 18.6. The average molecular weight is 397 g/mol. The molecule has 1 atom stereocenters. The molecule has 0 unspecified atom stereocenters. The number of aliphatic hydroxyl groups excluding tert-OH is 1. The summed E-state index contributed by atoms with van der Waals surface area (Å²) in [6.07, 6.45) is 3.00. The number of pyridine rings is 1. The van der Waals surface area contributed by atoms with E-state index in [1.807, 2.05) is 13.8 Å². The number of benzene rings is 1. The third-order valence-electron chi connectivity index (χ3n) is 5.23. The SMILES string of the molecule is CCN(CC)CCN1C(=O)C(=O)C(=C(O)c2ccncc2)[C@@H]1c1ccc(F)cc1. The minimum Gasteiger partial charge on any atom is -0.507 e. The van der Waals surface area contributed by atoms with E-state index in [2.05, 4.69) is 9.88 Å². The maximum absolute atomic E-state index is 13.5. The Morgan fingerprint density at radius 3 is 2.31 bits per heavy atom. The number of hydrogen-bond acceptors (Lipinski definition) is 5. The maximum Gasteiger partial charge on any atom is 0.295 e. The lowest BCUT2D eigenvalue weighted by Crippen LogP contribution is -2.38. The van der Waals surface area contributed by atoms with Crippen molar-refractivity contribution in [2.24, 2.45) is 0 Å². The van der Waals surface area contributed by atoms with E-state index >= 15 is 0 Å². The van der Waals surface area contributed by atoms with Crippen LogP contribution in [-0.4, -0.2) is 57.8 Å². The van der Waals surface area contributed by atoms with Crippen molar-refractivity contribution in [2.75, 3.05) is 26.2 Å². The molecule has 152 valence electrons. The number of likely N-dealkylation sites (tertiary alicyclic amines) is 1. The highest BCUT2D eigenvalue weighted by Crippen LogP contribution is 2.39. The van der Waals surface area contributed by atoms with Crippen molar-refractivity contribution < 1.29 is 19.1 Å². The third-order valence-corrected chi connectivity index (χ3v) is 5.23. The summed E-state index contributed by atoms with van der Waals surface area (Å²) in [4.78, 5) is 33.2. The van der Waals surface area contributed by atoms with Gasteiger partial charge in [0.1, 0.15) is 11.6 Å². The molecule has 0 spiro atoms. The van der Waals surface area contributed by atoms with Crippen molar-refractivity contribution in [3.05, 3.63) is 71.3 Å². The summed E-state index contributed by atoms with van der Waals surface area (Å²) in [6.45, 7) is 6.60. The van der Waals surface area contributed by atoms with E-state index in [0.717, 1.165) is 13.1 Å². The summed E-state index contributed by atoms with van der Waals surface area (Å²) < 4.78 is 13.5. The largest absolute Gasteiger partial charge is 0.507 e. The first-order valence-corrected chi connectivity index (χ1v) is 9.64. The molecule has 1 amide bonds. The molecule has 6 nitrogen and oxygen atoms in total. The van der Waals surface area contributed by atoms with Crippen LogP contribution in [0.1, 0.15) is 31.0 Å². The van der Waals surface area contributed by atoms with E-state index in [1.54, 1.807) is 12.1 Å². The predicted molar refractivity (Wildman–Crippen MR) is 107 cm³/mol. The van der Waals surface area contributed by atoms with Crippen LogP contribution in [0.15, 0.2) is 54.4 Å². The zero-order chi connectivity index (χ0) is 21.0. The molecule has 0 saturated carbocycles. The van der Waals surface area contributed by atoms with Crippen molar-refractivity contribution in [2.45, 2.75) is 19.9 Å². The smallest absolute Gasteiger partial charge is 0.295 e. The van der Waals surface area contributed by atoms with E-state index in [0.29, 0.717) is 24.2 Å². The van der Waals surface area contributed by atoms with E-state index in [4.69, 9.17) is 0 Å². The average Bonchev–Trinajstić information content (AvgIpc) is 3.00. The number of ketones is 1. The van der Waals surface area contributed by atoms with Crippen molar-refractivity contribution in [3.63, 3.8) is 0 Å². The highest BCUT2D eigenvalue weighted by Gasteiger charge is 2.45. The van der Waals surface area contributed by atoms with Crippen LogP contribution in [-0.2, 0) is 9.59 Å². The summed E-state index contributed by atoms with van der Waals surface area (Å²) in [5.74, 6) is -2.08. The van der Waals surface area contributed by atoms with Gasteiger partial charge >= 0.3 is 0 Å². The van der Waals surface area contributed by atoms with Gasteiger partial charge in [0.05, 0.1) is 11.6 Å². The summed E-state index contributed by atoms with van der Waals surface area (Å²) in [5, 5.41) is 10.8. The third kappa shape index (κ3) is 4.19. The van der Waals surface area contributed by atoms with Gasteiger partial charge < -0.3 is 14.9 Å². The van der Waals surface area contributed by atoms with Crippen LogP contribution in [0.4, 0.5) is 4.39 Å². The first-order chi connectivity index (χ1) is 14.0. The molecule has 0 radical (unpaired) electrons. The molecule has 2 heterocycles. The Labute approximate surface area is 169 Å². The topological polar surface area (TPSA) is 73.7 Å². The standard InChI is InChI=1S/C22H24FN3O3/c1-3-25(4-2)13-14-26-19(15-5-7-17(23)8-6-15)18(21(28)22(26)29)20(27)16-9-11-24-12-10-16/h5-12,19,27H,3-4,13-14H2,1-2H3/t19-/m0/s1. The van der Waals surface area contributed by atoms with Gasteiger partial charge in [0, 0.05) is 31.0 Å².